The summed E-state index contributed by atoms with van der Waals surface area (Å²) in [6.45, 7) is 4.09. The summed E-state index contributed by atoms with van der Waals surface area (Å²) in [5.41, 5.74) is 5.51. The maximum Gasteiger partial charge on any atom is 0.234 e. The molecule has 1 rings (SSSR count). The Morgan fingerprint density at radius 1 is 0.698 bits per heavy atom. The van der Waals surface area contributed by atoms with Crippen LogP contribution in [-0.2, 0) is 14.3 Å². The van der Waals surface area contributed by atoms with Gasteiger partial charge in [-0.15, -0.1) is 0 Å². The van der Waals surface area contributed by atoms with Crippen LogP contribution in [0.1, 0.15) is 155 Å². The molecular weight excluding hydrogens is 546 g/mol. The van der Waals surface area contributed by atoms with Crippen LogP contribution in [0, 0.1) is 0 Å². The Kier molecular flexibility index (Phi) is 24.0. The molecule has 2 amide bonds. The summed E-state index contributed by atoms with van der Waals surface area (Å²) in [7, 11) is 0. The standard InChI is InChI=1S/C34H67N3O6/c1-3-5-7-9-11-13-14-15-17-19-21-23-25-37(30(40)24-22-20-18-16-12-10-8-6-4-2)34-31(36-29(39)26-35)33(42)32(41)28(27-38)43-34/h28,31-34,38,41-42H,3-27,35H2,1-2H3,(H,36,39)/t28-,31-,32+,33-,34-/m1/s1. The summed E-state index contributed by atoms with van der Waals surface area (Å²) in [6, 6.07) is -1.04. The SMILES string of the molecule is CCCCCCCCCCCCCCN(C(=O)CCCCCCCCCCC)[C@@H]1O[C@H](CO)[C@H](O)[C@H](O)[C@H]1NC(=O)CN. The topological polar surface area (TPSA) is 145 Å². The van der Waals surface area contributed by atoms with E-state index in [9.17, 15) is 24.9 Å². The fourth-order valence-corrected chi connectivity index (χ4v) is 6.01. The van der Waals surface area contributed by atoms with Crippen LogP contribution in [0.25, 0.3) is 0 Å². The number of hydrogen-bond acceptors (Lipinski definition) is 7. The highest BCUT2D eigenvalue weighted by molar-refractivity contribution is 5.79. The number of nitrogens with one attached hydrogen (secondary N) is 1. The Labute approximate surface area is 262 Å². The second-order valence-electron chi connectivity index (χ2n) is 12.6. The summed E-state index contributed by atoms with van der Waals surface area (Å²) in [4.78, 5) is 27.4. The van der Waals surface area contributed by atoms with Crippen molar-refractivity contribution >= 4 is 11.8 Å². The second kappa shape index (κ2) is 26.0. The monoisotopic (exact) mass is 614 g/mol. The summed E-state index contributed by atoms with van der Waals surface area (Å²) in [5, 5.41) is 33.8. The second-order valence-corrected chi connectivity index (χ2v) is 12.6. The van der Waals surface area contributed by atoms with E-state index in [0.29, 0.717) is 13.0 Å². The fraction of sp³-hybridized carbons (Fsp3) is 0.941. The molecule has 43 heavy (non-hydrogen) atoms. The van der Waals surface area contributed by atoms with E-state index in [1.54, 1.807) is 4.90 Å². The van der Waals surface area contributed by atoms with Crippen LogP contribution in [0.5, 0.6) is 0 Å². The van der Waals surface area contributed by atoms with Crippen molar-refractivity contribution < 1.29 is 29.6 Å². The van der Waals surface area contributed by atoms with E-state index in [-0.39, 0.29) is 12.5 Å². The Balaban J connectivity index is 2.68. The number of aliphatic hydroxyl groups excluding tert-OH is 3. The Hall–Kier alpha value is -1.26. The van der Waals surface area contributed by atoms with Gasteiger partial charge in [-0.3, -0.25) is 9.59 Å². The van der Waals surface area contributed by atoms with Crippen molar-refractivity contribution in [3.05, 3.63) is 0 Å². The molecule has 1 aliphatic rings. The third-order valence-corrected chi connectivity index (χ3v) is 8.79. The van der Waals surface area contributed by atoms with Gasteiger partial charge in [-0.2, -0.15) is 0 Å². The predicted molar refractivity (Wildman–Crippen MR) is 173 cm³/mol. The fourth-order valence-electron chi connectivity index (χ4n) is 6.01. The lowest BCUT2D eigenvalue weighted by molar-refractivity contribution is -0.231. The summed E-state index contributed by atoms with van der Waals surface area (Å²) >= 11 is 0. The van der Waals surface area contributed by atoms with Gasteiger partial charge in [-0.05, 0) is 12.8 Å². The van der Waals surface area contributed by atoms with Gasteiger partial charge in [0, 0.05) is 13.0 Å². The average molecular weight is 614 g/mol. The molecule has 0 radical (unpaired) electrons. The smallest absolute Gasteiger partial charge is 0.234 e. The van der Waals surface area contributed by atoms with Gasteiger partial charge in [0.15, 0.2) is 6.23 Å². The predicted octanol–water partition coefficient (Wildman–Crippen LogP) is 5.32. The molecule has 1 aliphatic heterocycles. The molecule has 9 heteroatoms. The minimum absolute atomic E-state index is 0.0942. The van der Waals surface area contributed by atoms with Crippen LogP contribution in [0.4, 0.5) is 0 Å². The molecule has 254 valence electrons. The number of carbonyl (C=O) groups excluding carboxylic acids is 2. The highest BCUT2D eigenvalue weighted by Crippen LogP contribution is 2.26. The summed E-state index contributed by atoms with van der Waals surface area (Å²) < 4.78 is 6.00. The molecule has 0 aromatic heterocycles. The molecule has 0 unspecified atom stereocenters. The molecule has 5 atom stereocenters. The number of carbonyl (C=O) groups is 2. The van der Waals surface area contributed by atoms with Crippen LogP contribution < -0.4 is 11.1 Å². The van der Waals surface area contributed by atoms with Gasteiger partial charge in [0.2, 0.25) is 11.8 Å². The van der Waals surface area contributed by atoms with E-state index in [0.717, 1.165) is 38.5 Å². The van der Waals surface area contributed by atoms with E-state index in [1.165, 1.54) is 96.3 Å². The van der Waals surface area contributed by atoms with Crippen LogP contribution in [0.2, 0.25) is 0 Å². The molecule has 0 aliphatic carbocycles. The normalized spacial score (nSPS) is 22.0. The van der Waals surface area contributed by atoms with Crippen molar-refractivity contribution in [1.82, 2.24) is 10.2 Å². The highest BCUT2D eigenvalue weighted by Gasteiger charge is 2.47. The number of unbranched alkanes of at least 4 members (excludes halogenated alkanes) is 19. The number of aliphatic hydroxyl groups is 3. The minimum Gasteiger partial charge on any atom is -0.394 e. The number of hydrogen-bond donors (Lipinski definition) is 5. The van der Waals surface area contributed by atoms with Crippen LogP contribution in [-0.4, -0.2) is 82.3 Å². The summed E-state index contributed by atoms with van der Waals surface area (Å²) in [6.07, 6.45) is 20.3. The van der Waals surface area contributed by atoms with Gasteiger partial charge >= 0.3 is 0 Å². The average Bonchev–Trinajstić information content (AvgIpc) is 3.01. The number of amides is 2. The molecule has 0 aromatic carbocycles. The van der Waals surface area contributed by atoms with Crippen molar-refractivity contribution in [2.24, 2.45) is 5.73 Å². The molecule has 1 fully saturated rings. The van der Waals surface area contributed by atoms with Gasteiger partial charge in [-0.1, -0.05) is 136 Å². The molecule has 0 saturated carbocycles. The maximum atomic E-state index is 13.6. The van der Waals surface area contributed by atoms with Gasteiger partial charge in [0.1, 0.15) is 24.4 Å². The van der Waals surface area contributed by atoms with Gasteiger partial charge in [0.25, 0.3) is 0 Å². The lowest BCUT2D eigenvalue weighted by atomic mass is 9.94. The Morgan fingerprint density at radius 3 is 1.58 bits per heavy atom. The van der Waals surface area contributed by atoms with E-state index in [4.69, 9.17) is 10.5 Å². The van der Waals surface area contributed by atoms with Gasteiger partial charge in [-0.25, -0.2) is 0 Å². The molecule has 9 nitrogen and oxygen atoms in total. The first-order valence-corrected chi connectivity index (χ1v) is 17.8. The third kappa shape index (κ3) is 17.1. The summed E-state index contributed by atoms with van der Waals surface area (Å²) in [5.74, 6) is -0.604. The van der Waals surface area contributed by atoms with Crippen molar-refractivity contribution in [3.8, 4) is 0 Å². The molecule has 0 bridgehead atoms. The minimum atomic E-state index is -1.41. The number of nitrogens with two attached hydrogens (primary N) is 1. The van der Waals surface area contributed by atoms with Crippen molar-refractivity contribution in [2.75, 3.05) is 19.7 Å². The van der Waals surface area contributed by atoms with Crippen LogP contribution in [0.3, 0.4) is 0 Å². The zero-order valence-electron chi connectivity index (χ0n) is 27.7. The van der Waals surface area contributed by atoms with E-state index in [2.05, 4.69) is 19.2 Å². The molecule has 0 aromatic rings. The van der Waals surface area contributed by atoms with Gasteiger partial charge < -0.3 is 36.0 Å². The first-order valence-electron chi connectivity index (χ1n) is 17.8. The largest absolute Gasteiger partial charge is 0.394 e. The third-order valence-electron chi connectivity index (χ3n) is 8.79. The van der Waals surface area contributed by atoms with Crippen LogP contribution >= 0.6 is 0 Å². The Morgan fingerprint density at radius 2 is 1.14 bits per heavy atom. The van der Waals surface area contributed by atoms with Gasteiger partial charge in [0.05, 0.1) is 13.2 Å². The lowest BCUT2D eigenvalue weighted by Gasteiger charge is -2.46. The number of ether oxygens (including phenoxy) is 1. The lowest BCUT2D eigenvalue weighted by Crippen LogP contribution is -2.69. The van der Waals surface area contributed by atoms with E-state index in [1.807, 2.05) is 0 Å². The highest BCUT2D eigenvalue weighted by atomic mass is 16.5. The molecule has 6 N–H and O–H groups in total. The molecular formula is C34H67N3O6. The molecule has 1 saturated heterocycles. The zero-order chi connectivity index (χ0) is 31.7. The quantitative estimate of drug-likeness (QED) is 0.0789. The number of rotatable bonds is 27. The maximum absolute atomic E-state index is 13.6. The first-order chi connectivity index (χ1) is 20.9. The van der Waals surface area contributed by atoms with Crippen molar-refractivity contribution in [3.63, 3.8) is 0 Å². The van der Waals surface area contributed by atoms with Crippen LogP contribution in [0.15, 0.2) is 0 Å². The number of nitrogens with zero attached hydrogens (tertiary/aromatic N) is 1. The molecule has 1 heterocycles. The first kappa shape index (κ1) is 39.8. The van der Waals surface area contributed by atoms with E-state index < -0.39 is 43.1 Å². The molecule has 0 spiro atoms. The van der Waals surface area contributed by atoms with Crippen molar-refractivity contribution in [2.45, 2.75) is 186 Å². The Bertz CT molecular complexity index is 697. The van der Waals surface area contributed by atoms with Crippen molar-refractivity contribution in [1.29, 1.82) is 0 Å². The zero-order valence-corrected chi connectivity index (χ0v) is 27.7. The van der Waals surface area contributed by atoms with E-state index >= 15 is 0 Å².